The Hall–Kier alpha value is -1.25. The maximum absolute atomic E-state index is 7.05. The first kappa shape index (κ1) is 23.4. The van der Waals surface area contributed by atoms with Crippen molar-refractivity contribution in [2.24, 2.45) is 0 Å². The minimum atomic E-state index is -2.47. The number of hydrogen-bond acceptors (Lipinski definition) is 3. The van der Waals surface area contributed by atoms with Crippen molar-refractivity contribution in [3.63, 3.8) is 0 Å². The first-order valence-electron chi connectivity index (χ1n) is 11.2. The Morgan fingerprint density at radius 2 is 1.43 bits per heavy atom. The van der Waals surface area contributed by atoms with Crippen molar-refractivity contribution in [3.8, 4) is 0 Å². The van der Waals surface area contributed by atoms with E-state index >= 15 is 0 Å². The van der Waals surface area contributed by atoms with Gasteiger partial charge in [0.05, 0.1) is 12.7 Å². The van der Waals surface area contributed by atoms with Gasteiger partial charge in [0.1, 0.15) is 0 Å². The summed E-state index contributed by atoms with van der Waals surface area (Å²) in [7, 11) is -4.09. The van der Waals surface area contributed by atoms with Gasteiger partial charge in [0.25, 0.3) is 8.32 Å². The van der Waals surface area contributed by atoms with Crippen LogP contribution in [0.15, 0.2) is 60.7 Å². The lowest BCUT2D eigenvalue weighted by atomic mass is 10.1. The molecule has 0 spiro atoms. The van der Waals surface area contributed by atoms with Gasteiger partial charge >= 0.3 is 0 Å². The highest BCUT2D eigenvalue weighted by Crippen LogP contribution is 2.37. The number of hydrogen-bond donors (Lipinski definition) is 0. The lowest BCUT2D eigenvalue weighted by Gasteiger charge is -2.43. The van der Waals surface area contributed by atoms with E-state index in [4.69, 9.17) is 13.6 Å². The van der Waals surface area contributed by atoms with Crippen molar-refractivity contribution in [2.45, 2.75) is 70.5 Å². The molecule has 0 N–H and O–H groups in total. The first-order chi connectivity index (χ1) is 14.1. The summed E-state index contributed by atoms with van der Waals surface area (Å²) < 4.78 is 19.0. The summed E-state index contributed by atoms with van der Waals surface area (Å²) in [6, 6.07) is 21.7. The molecule has 5 heteroatoms. The van der Waals surface area contributed by atoms with Gasteiger partial charge in [-0.15, -0.1) is 0 Å². The van der Waals surface area contributed by atoms with Crippen LogP contribution in [0.2, 0.25) is 24.7 Å². The van der Waals surface area contributed by atoms with Crippen molar-refractivity contribution in [1.82, 2.24) is 0 Å². The van der Waals surface area contributed by atoms with Gasteiger partial charge < -0.3 is 13.6 Å². The van der Waals surface area contributed by atoms with Crippen LogP contribution in [0.1, 0.15) is 33.6 Å². The molecule has 3 nitrogen and oxygen atoms in total. The topological polar surface area (TPSA) is 31.0 Å². The predicted octanol–water partition coefficient (Wildman–Crippen LogP) is 4.96. The molecule has 1 aliphatic heterocycles. The zero-order valence-electron chi connectivity index (χ0n) is 19.5. The van der Waals surface area contributed by atoms with Gasteiger partial charge in [-0.1, -0.05) is 81.4 Å². The lowest BCUT2D eigenvalue weighted by molar-refractivity contribution is 0.134. The van der Waals surface area contributed by atoms with E-state index in [-0.39, 0.29) is 11.1 Å². The zero-order chi connectivity index (χ0) is 21.8. The van der Waals surface area contributed by atoms with Crippen LogP contribution in [0.25, 0.3) is 0 Å². The normalized spacial score (nSPS) is 18.3. The molecule has 0 saturated carbocycles. The Labute approximate surface area is 185 Å². The molecule has 3 rings (SSSR count). The van der Waals surface area contributed by atoms with Crippen molar-refractivity contribution < 1.29 is 13.6 Å². The Kier molecular flexibility index (Phi) is 7.41. The molecular formula is C25H38O3Si2. The molecule has 1 fully saturated rings. The van der Waals surface area contributed by atoms with Crippen molar-refractivity contribution in [2.75, 3.05) is 13.2 Å². The van der Waals surface area contributed by atoms with Crippen LogP contribution in [-0.2, 0) is 13.6 Å². The third kappa shape index (κ3) is 5.92. The van der Waals surface area contributed by atoms with E-state index in [0.29, 0.717) is 12.7 Å². The molecule has 0 radical (unpaired) electrons. The molecule has 0 amide bonds. The second-order valence-corrected chi connectivity index (χ2v) is 19.1. The number of ether oxygens (including phenoxy) is 1. The zero-order valence-corrected chi connectivity index (χ0v) is 21.5. The van der Waals surface area contributed by atoms with E-state index in [1.165, 1.54) is 10.4 Å². The van der Waals surface area contributed by atoms with Crippen LogP contribution in [0.4, 0.5) is 0 Å². The molecule has 2 atom stereocenters. The van der Waals surface area contributed by atoms with Crippen LogP contribution < -0.4 is 10.4 Å². The largest absolute Gasteiger partial charge is 0.415 e. The Morgan fingerprint density at radius 1 is 0.933 bits per heavy atom. The summed E-state index contributed by atoms with van der Waals surface area (Å²) in [5, 5.41) is 2.67. The second kappa shape index (κ2) is 9.49. The van der Waals surface area contributed by atoms with E-state index < -0.39 is 16.6 Å². The van der Waals surface area contributed by atoms with Gasteiger partial charge in [0, 0.05) is 19.1 Å². The Balaban J connectivity index is 1.87. The Morgan fingerprint density at radius 3 is 1.83 bits per heavy atom. The number of benzene rings is 2. The molecule has 164 valence electrons. The fourth-order valence-electron chi connectivity index (χ4n) is 4.33. The van der Waals surface area contributed by atoms with Crippen LogP contribution >= 0.6 is 0 Å². The van der Waals surface area contributed by atoms with Crippen molar-refractivity contribution in [3.05, 3.63) is 60.7 Å². The number of rotatable bonds is 10. The van der Waals surface area contributed by atoms with Crippen LogP contribution in [0.5, 0.6) is 0 Å². The highest BCUT2D eigenvalue weighted by atomic mass is 28.4. The highest BCUT2D eigenvalue weighted by molar-refractivity contribution is 6.99. The summed E-state index contributed by atoms with van der Waals surface area (Å²) in [6.45, 7) is 15.3. The summed E-state index contributed by atoms with van der Waals surface area (Å²) in [5.74, 6) is 0. The van der Waals surface area contributed by atoms with E-state index in [1.807, 2.05) is 0 Å². The molecule has 0 unspecified atom stereocenters. The molecule has 0 aliphatic carbocycles. The maximum atomic E-state index is 7.05. The molecule has 1 saturated heterocycles. The average molecular weight is 443 g/mol. The number of epoxide rings is 1. The van der Waals surface area contributed by atoms with E-state index in [9.17, 15) is 0 Å². The van der Waals surface area contributed by atoms with Crippen molar-refractivity contribution >= 4 is 27.0 Å². The molecule has 1 heterocycles. The maximum Gasteiger partial charge on any atom is 0.261 e. The van der Waals surface area contributed by atoms with Gasteiger partial charge in [-0.25, -0.2) is 0 Å². The third-order valence-electron chi connectivity index (χ3n) is 5.62. The van der Waals surface area contributed by atoms with Gasteiger partial charge in [-0.3, -0.25) is 0 Å². The smallest absolute Gasteiger partial charge is 0.261 e. The lowest BCUT2D eigenvalue weighted by Crippen LogP contribution is -2.66. The SMILES string of the molecule is CC(C)(C)[Si](OCC[C@@H](C[C@H]1CO1)O[Si](C)(C)C)(c1ccccc1)c1ccccc1. The van der Waals surface area contributed by atoms with E-state index in [0.717, 1.165) is 19.4 Å². The summed E-state index contributed by atoms with van der Waals surface area (Å²) in [5.41, 5.74) is 0. The van der Waals surface area contributed by atoms with Crippen molar-refractivity contribution in [1.29, 1.82) is 0 Å². The fourth-order valence-corrected chi connectivity index (χ4v) is 10.1. The average Bonchev–Trinajstić information content (AvgIpc) is 3.48. The monoisotopic (exact) mass is 442 g/mol. The molecule has 30 heavy (non-hydrogen) atoms. The third-order valence-corrected chi connectivity index (χ3v) is 11.7. The van der Waals surface area contributed by atoms with Crippen LogP contribution in [-0.4, -0.2) is 42.1 Å². The van der Waals surface area contributed by atoms with Gasteiger partial charge in [0.2, 0.25) is 0 Å². The molecule has 0 aromatic heterocycles. The molecule has 0 bridgehead atoms. The minimum absolute atomic E-state index is 0.00441. The minimum Gasteiger partial charge on any atom is -0.415 e. The summed E-state index contributed by atoms with van der Waals surface area (Å²) in [6.07, 6.45) is 2.48. The van der Waals surface area contributed by atoms with Gasteiger partial charge in [-0.2, -0.15) is 0 Å². The predicted molar refractivity (Wildman–Crippen MR) is 131 cm³/mol. The first-order valence-corrected chi connectivity index (χ1v) is 16.5. The molecule has 2 aromatic carbocycles. The van der Waals surface area contributed by atoms with Gasteiger partial charge in [0.15, 0.2) is 8.32 Å². The van der Waals surface area contributed by atoms with E-state index in [2.05, 4.69) is 101 Å². The van der Waals surface area contributed by atoms with E-state index in [1.54, 1.807) is 0 Å². The highest BCUT2D eigenvalue weighted by Gasteiger charge is 2.50. The Bertz CT molecular complexity index is 738. The fraction of sp³-hybridized carbons (Fsp3) is 0.520. The second-order valence-electron chi connectivity index (χ2n) is 10.3. The van der Waals surface area contributed by atoms with Crippen LogP contribution in [0.3, 0.4) is 0 Å². The molecule has 1 aliphatic rings. The summed E-state index contributed by atoms with van der Waals surface area (Å²) >= 11 is 0. The standard InChI is InChI=1S/C25H38O3Si2/c1-25(2,3)30(23-13-9-7-10-14-23,24-15-11-8-12-16-24)27-18-17-21(19-22-20-26-22)28-29(4,5)6/h7-16,21-22H,17-20H2,1-6H3/t21-,22-/m0/s1. The quantitative estimate of drug-likeness (QED) is 0.385. The molecular weight excluding hydrogens is 404 g/mol. The van der Waals surface area contributed by atoms with Crippen LogP contribution in [0, 0.1) is 0 Å². The molecule has 2 aromatic rings. The summed E-state index contributed by atoms with van der Waals surface area (Å²) in [4.78, 5) is 0. The van der Waals surface area contributed by atoms with Gasteiger partial charge in [-0.05, 0) is 41.5 Å².